The fourth-order valence-corrected chi connectivity index (χ4v) is 7.48. The second-order valence-corrected chi connectivity index (χ2v) is 11.9. The highest BCUT2D eigenvalue weighted by Gasteiger charge is 2.40. The zero-order valence-electron chi connectivity index (χ0n) is 23.0. The third-order valence-corrected chi connectivity index (χ3v) is 9.36. The molecule has 0 unspecified atom stereocenters. The van der Waals surface area contributed by atoms with Crippen LogP contribution in [0.2, 0.25) is 0 Å². The minimum atomic E-state index is -0.0383. The van der Waals surface area contributed by atoms with Crippen LogP contribution in [-0.4, -0.2) is 71.3 Å². The second-order valence-electron chi connectivity index (χ2n) is 10.8. The largest absolute Gasteiger partial charge is 0.361 e. The van der Waals surface area contributed by atoms with E-state index in [-0.39, 0.29) is 17.7 Å². The number of Topliss-reactive ketones (excluding diaryl/α,β-unsaturated/α-hetero) is 1. The van der Waals surface area contributed by atoms with Gasteiger partial charge in [-0.3, -0.25) is 14.5 Å². The number of rotatable bonds is 15. The highest BCUT2D eigenvalue weighted by Crippen LogP contribution is 2.45. The van der Waals surface area contributed by atoms with Crippen molar-refractivity contribution in [1.29, 1.82) is 0 Å². The predicted octanol–water partition coefficient (Wildman–Crippen LogP) is 4.89. The van der Waals surface area contributed by atoms with Gasteiger partial charge in [-0.25, -0.2) is 0 Å². The molecular weight excluding hydrogens is 480 g/mol. The number of carbonyl (C=O) groups excluding carboxylic acids is 2. The van der Waals surface area contributed by atoms with Gasteiger partial charge in [0.25, 0.3) is 0 Å². The van der Waals surface area contributed by atoms with E-state index in [2.05, 4.69) is 51.8 Å². The predicted molar refractivity (Wildman–Crippen MR) is 155 cm³/mol. The number of piperidine rings is 1. The molecule has 1 aromatic carbocycles. The molecule has 4 rings (SSSR count). The van der Waals surface area contributed by atoms with Gasteiger partial charge in [0, 0.05) is 48.6 Å². The van der Waals surface area contributed by atoms with Crippen LogP contribution in [0.5, 0.6) is 0 Å². The Kier molecular flexibility index (Phi) is 10.5. The van der Waals surface area contributed by atoms with Crippen molar-refractivity contribution < 1.29 is 9.59 Å². The smallest absolute Gasteiger partial charge is 0.229 e. The molecule has 2 aromatic rings. The number of benzene rings is 1. The first-order valence-corrected chi connectivity index (χ1v) is 15.6. The highest BCUT2D eigenvalue weighted by atomic mass is 32.2. The molecular formula is C30H46N4O2S. The van der Waals surface area contributed by atoms with Crippen LogP contribution in [0.15, 0.2) is 24.4 Å². The zero-order valence-corrected chi connectivity index (χ0v) is 23.8. The molecule has 6 nitrogen and oxygen atoms in total. The Bertz CT molecular complexity index is 1040. The lowest BCUT2D eigenvalue weighted by molar-refractivity contribution is -0.121. The van der Waals surface area contributed by atoms with Crippen molar-refractivity contribution in [3.05, 3.63) is 35.5 Å². The summed E-state index contributed by atoms with van der Waals surface area (Å²) in [7, 11) is 0. The molecule has 0 saturated carbocycles. The van der Waals surface area contributed by atoms with Gasteiger partial charge in [0.2, 0.25) is 5.91 Å². The fraction of sp³-hybridized carbons (Fsp3) is 0.667. The van der Waals surface area contributed by atoms with E-state index in [4.69, 9.17) is 0 Å². The number of carbonyl (C=O) groups is 2. The molecule has 0 radical (unpaired) electrons. The molecule has 204 valence electrons. The molecule has 7 heteroatoms. The van der Waals surface area contributed by atoms with Crippen molar-refractivity contribution in [3.63, 3.8) is 0 Å². The van der Waals surface area contributed by atoms with Gasteiger partial charge in [-0.1, -0.05) is 32.9 Å². The van der Waals surface area contributed by atoms with Crippen LogP contribution in [-0.2, 0) is 16.0 Å². The average Bonchev–Trinajstić information content (AvgIpc) is 3.32. The highest BCUT2D eigenvalue weighted by molar-refractivity contribution is 7.99. The summed E-state index contributed by atoms with van der Waals surface area (Å²) in [4.78, 5) is 30.7. The lowest BCUT2D eigenvalue weighted by Gasteiger charge is -2.47. The van der Waals surface area contributed by atoms with E-state index in [0.29, 0.717) is 36.6 Å². The summed E-state index contributed by atoms with van der Waals surface area (Å²) in [5.41, 5.74) is 4.28. The van der Waals surface area contributed by atoms with Crippen molar-refractivity contribution >= 4 is 34.4 Å². The minimum Gasteiger partial charge on any atom is -0.361 e. The van der Waals surface area contributed by atoms with Crippen LogP contribution in [0.4, 0.5) is 0 Å². The number of likely N-dealkylation sites (tertiary alicyclic amines) is 1. The monoisotopic (exact) mass is 526 g/mol. The first kappa shape index (κ1) is 28.2. The molecule has 1 saturated heterocycles. The minimum absolute atomic E-state index is 0.0383. The summed E-state index contributed by atoms with van der Waals surface area (Å²) in [5.74, 6) is 3.18. The molecule has 2 heterocycles. The van der Waals surface area contributed by atoms with Gasteiger partial charge in [-0.15, -0.1) is 0 Å². The molecule has 1 fully saturated rings. The number of amides is 1. The third kappa shape index (κ3) is 6.98. The molecule has 1 amide bonds. The quantitative estimate of drug-likeness (QED) is 0.288. The Morgan fingerprint density at radius 1 is 1.22 bits per heavy atom. The second kappa shape index (κ2) is 13.8. The number of H-pyrrole nitrogens is 1. The van der Waals surface area contributed by atoms with Crippen LogP contribution >= 0.6 is 11.8 Å². The van der Waals surface area contributed by atoms with Crippen LogP contribution in [0.3, 0.4) is 0 Å². The lowest BCUT2D eigenvalue weighted by atomic mass is 9.72. The van der Waals surface area contributed by atoms with E-state index >= 15 is 0 Å². The van der Waals surface area contributed by atoms with Crippen molar-refractivity contribution in [2.45, 2.75) is 83.7 Å². The number of nitrogens with zero attached hydrogens (tertiary/aromatic N) is 1. The topological polar surface area (TPSA) is 77.2 Å². The van der Waals surface area contributed by atoms with Gasteiger partial charge < -0.3 is 15.6 Å². The number of unbranched alkanes of at least 4 members (excludes halogenated alkanes) is 1. The first-order chi connectivity index (χ1) is 18.0. The molecule has 3 N–H and O–H groups in total. The number of thioether (sulfide) groups is 1. The molecule has 37 heavy (non-hydrogen) atoms. The Morgan fingerprint density at radius 2 is 2.08 bits per heavy atom. The van der Waals surface area contributed by atoms with E-state index in [9.17, 15) is 9.59 Å². The van der Waals surface area contributed by atoms with Crippen molar-refractivity contribution in [2.75, 3.05) is 37.7 Å². The number of ketones is 1. The van der Waals surface area contributed by atoms with Crippen molar-refractivity contribution in [1.82, 2.24) is 20.5 Å². The number of fused-ring (bicyclic) bond motifs is 2. The average molecular weight is 527 g/mol. The van der Waals surface area contributed by atoms with Gasteiger partial charge >= 0.3 is 0 Å². The van der Waals surface area contributed by atoms with Gasteiger partial charge in [-0.2, -0.15) is 11.8 Å². The number of aromatic amines is 1. The summed E-state index contributed by atoms with van der Waals surface area (Å²) in [5, 5.41) is 7.83. The number of nitrogens with one attached hydrogen (secondary N) is 3. The van der Waals surface area contributed by atoms with Crippen LogP contribution in [0.25, 0.3) is 10.9 Å². The van der Waals surface area contributed by atoms with Crippen LogP contribution in [0, 0.1) is 5.92 Å². The summed E-state index contributed by atoms with van der Waals surface area (Å²) in [6, 6.07) is 7.31. The number of aromatic nitrogens is 1. The van der Waals surface area contributed by atoms with Crippen LogP contribution in [0.1, 0.15) is 76.3 Å². The third-order valence-electron chi connectivity index (χ3n) is 8.19. The Labute approximate surface area is 227 Å². The van der Waals surface area contributed by atoms with Crippen molar-refractivity contribution in [3.8, 4) is 0 Å². The Morgan fingerprint density at radius 3 is 2.86 bits per heavy atom. The maximum Gasteiger partial charge on any atom is 0.229 e. The maximum absolute atomic E-state index is 12.5. The van der Waals surface area contributed by atoms with E-state index in [1.165, 1.54) is 34.9 Å². The molecule has 2 aliphatic rings. The standard InChI is InChI=1S/C30H46N4O2S/c1-4-14-34-18-21(15-24-23-10-9-12-26-30(23)22(17-33-26)16-27(24)34)19-37-20-29(36)32-13-8-7-11-25(31-6-3)28(35)5-2/h9-10,12,17,21,24-25,27,31,33H,4-8,11,13-16,18-20H2,1-3H3,(H,32,36)/t21-,24-,25+,27-/m1/s1. The zero-order chi connectivity index (χ0) is 26.2. The van der Waals surface area contributed by atoms with Gasteiger partial charge in [-0.05, 0) is 80.5 Å². The molecule has 4 atom stereocenters. The van der Waals surface area contributed by atoms with E-state index < -0.39 is 0 Å². The molecule has 0 spiro atoms. The number of hydrogen-bond acceptors (Lipinski definition) is 5. The first-order valence-electron chi connectivity index (χ1n) is 14.5. The van der Waals surface area contributed by atoms with Crippen molar-refractivity contribution in [2.24, 2.45) is 5.92 Å². The summed E-state index contributed by atoms with van der Waals surface area (Å²) in [6.45, 7) is 10.0. The lowest BCUT2D eigenvalue weighted by Crippen LogP contribution is -2.50. The molecule has 1 aromatic heterocycles. The maximum atomic E-state index is 12.5. The van der Waals surface area contributed by atoms with Gasteiger partial charge in [0.1, 0.15) is 5.78 Å². The summed E-state index contributed by atoms with van der Waals surface area (Å²) < 4.78 is 0. The van der Waals surface area contributed by atoms with E-state index in [0.717, 1.165) is 51.1 Å². The van der Waals surface area contributed by atoms with Gasteiger partial charge in [0.15, 0.2) is 0 Å². The molecule has 0 bridgehead atoms. The molecule has 1 aliphatic heterocycles. The fourth-order valence-electron chi connectivity index (χ4n) is 6.50. The summed E-state index contributed by atoms with van der Waals surface area (Å²) >= 11 is 1.79. The van der Waals surface area contributed by atoms with E-state index in [1.807, 2.05) is 13.8 Å². The molecule has 1 aliphatic carbocycles. The normalized spacial score (nSPS) is 22.1. The van der Waals surface area contributed by atoms with Gasteiger partial charge in [0.05, 0.1) is 11.8 Å². The Hall–Kier alpha value is -1.83. The van der Waals surface area contributed by atoms with E-state index in [1.54, 1.807) is 11.8 Å². The SMILES string of the molecule is CCCN1C[C@H](CSCC(=O)NCCCC[C@H](NCC)C(=O)CC)C[C@@H]2c3cccc4[nH]cc(c34)C[C@H]21. The number of hydrogen-bond donors (Lipinski definition) is 3. The Balaban J connectivity index is 1.22. The number of likely N-dealkylation sites (N-methyl/N-ethyl adjacent to an activating group) is 1. The van der Waals surface area contributed by atoms with Crippen LogP contribution < -0.4 is 10.6 Å². The summed E-state index contributed by atoms with van der Waals surface area (Å²) in [6.07, 6.45) is 9.05.